The van der Waals surface area contributed by atoms with Crippen LogP contribution in [0.15, 0.2) is 0 Å². The van der Waals surface area contributed by atoms with E-state index in [2.05, 4.69) is 17.1 Å². The van der Waals surface area contributed by atoms with Crippen molar-refractivity contribution in [3.8, 4) is 0 Å². The molecule has 2 rings (SSSR count). The van der Waals surface area contributed by atoms with Crippen LogP contribution in [0.25, 0.3) is 0 Å². The third kappa shape index (κ3) is 4.59. The van der Waals surface area contributed by atoms with E-state index < -0.39 is 0 Å². The van der Waals surface area contributed by atoms with Gasteiger partial charge in [0.15, 0.2) is 0 Å². The topological polar surface area (TPSA) is 15.3 Å². The molecule has 100 valence electrons. The smallest absolute Gasteiger partial charge is 0.00914 e. The van der Waals surface area contributed by atoms with E-state index in [4.69, 9.17) is 0 Å². The average Bonchev–Trinajstić information content (AvgIpc) is 2.41. The molecule has 0 amide bonds. The second-order valence-electron chi connectivity index (χ2n) is 5.96. The predicted molar refractivity (Wildman–Crippen MR) is 74.3 cm³/mol. The number of nitrogens with one attached hydrogen (secondary N) is 1. The van der Waals surface area contributed by atoms with Gasteiger partial charge < -0.3 is 10.2 Å². The van der Waals surface area contributed by atoms with Crippen LogP contribution in [0.5, 0.6) is 0 Å². The van der Waals surface area contributed by atoms with Gasteiger partial charge in [0, 0.05) is 6.04 Å². The summed E-state index contributed by atoms with van der Waals surface area (Å²) < 4.78 is 0. The Hall–Kier alpha value is -0.0800. The Balaban J connectivity index is 1.53. The number of rotatable bonds is 5. The zero-order valence-corrected chi connectivity index (χ0v) is 11.6. The summed E-state index contributed by atoms with van der Waals surface area (Å²) in [5, 5.41) is 3.79. The highest BCUT2D eigenvalue weighted by Crippen LogP contribution is 2.25. The van der Waals surface area contributed by atoms with Crippen molar-refractivity contribution >= 4 is 0 Å². The Bertz CT molecular complexity index is 191. The zero-order valence-electron chi connectivity index (χ0n) is 11.6. The molecule has 17 heavy (non-hydrogen) atoms. The van der Waals surface area contributed by atoms with Crippen molar-refractivity contribution in [2.45, 2.75) is 64.3 Å². The number of piperidine rings is 1. The van der Waals surface area contributed by atoms with E-state index in [0.717, 1.165) is 12.0 Å². The van der Waals surface area contributed by atoms with Gasteiger partial charge in [-0.05, 0) is 51.4 Å². The van der Waals surface area contributed by atoms with Crippen molar-refractivity contribution in [1.82, 2.24) is 10.2 Å². The SMILES string of the molecule is CCN1CCC(NCCC2CCCCC2)CC1. The van der Waals surface area contributed by atoms with E-state index in [1.807, 2.05) is 0 Å². The Labute approximate surface area is 107 Å². The molecule has 1 N–H and O–H groups in total. The second-order valence-corrected chi connectivity index (χ2v) is 5.96. The van der Waals surface area contributed by atoms with E-state index >= 15 is 0 Å². The molecule has 0 aromatic heterocycles. The van der Waals surface area contributed by atoms with Crippen molar-refractivity contribution in [3.05, 3.63) is 0 Å². The number of hydrogen-bond donors (Lipinski definition) is 1. The van der Waals surface area contributed by atoms with Crippen LogP contribution < -0.4 is 5.32 Å². The highest BCUT2D eigenvalue weighted by Gasteiger charge is 2.18. The van der Waals surface area contributed by atoms with E-state index in [1.54, 1.807) is 0 Å². The maximum atomic E-state index is 3.79. The molecule has 1 saturated heterocycles. The summed E-state index contributed by atoms with van der Waals surface area (Å²) in [6, 6.07) is 0.807. The van der Waals surface area contributed by atoms with Gasteiger partial charge in [0.05, 0.1) is 0 Å². The second kappa shape index (κ2) is 7.38. The third-order valence-electron chi connectivity index (χ3n) is 4.75. The number of hydrogen-bond acceptors (Lipinski definition) is 2. The fourth-order valence-electron chi connectivity index (χ4n) is 3.42. The van der Waals surface area contributed by atoms with E-state index in [-0.39, 0.29) is 0 Å². The Kier molecular flexibility index (Phi) is 5.79. The standard InChI is InChI=1S/C15H30N2/c1-2-17-12-9-15(10-13-17)16-11-8-14-6-4-3-5-7-14/h14-16H,2-13H2,1H3. The molecule has 0 atom stereocenters. The van der Waals surface area contributed by atoms with Crippen molar-refractivity contribution in [1.29, 1.82) is 0 Å². The van der Waals surface area contributed by atoms with Crippen LogP contribution in [0.4, 0.5) is 0 Å². The summed E-state index contributed by atoms with van der Waals surface area (Å²) in [4.78, 5) is 2.57. The summed E-state index contributed by atoms with van der Waals surface area (Å²) in [6.07, 6.45) is 11.6. The lowest BCUT2D eigenvalue weighted by Gasteiger charge is -2.32. The maximum Gasteiger partial charge on any atom is 0.00914 e. The molecule has 0 unspecified atom stereocenters. The van der Waals surface area contributed by atoms with Crippen LogP contribution in [-0.2, 0) is 0 Å². The number of nitrogens with zero attached hydrogens (tertiary/aromatic N) is 1. The predicted octanol–water partition coefficient (Wildman–Crippen LogP) is 3.03. The molecule has 1 saturated carbocycles. The maximum absolute atomic E-state index is 3.79. The molecule has 1 aliphatic heterocycles. The molecule has 1 heterocycles. The van der Waals surface area contributed by atoms with Gasteiger partial charge in [-0.25, -0.2) is 0 Å². The van der Waals surface area contributed by atoms with Gasteiger partial charge >= 0.3 is 0 Å². The Morgan fingerprint density at radius 1 is 1.00 bits per heavy atom. The summed E-state index contributed by atoms with van der Waals surface area (Å²) in [6.45, 7) is 7.38. The van der Waals surface area contributed by atoms with E-state index in [9.17, 15) is 0 Å². The van der Waals surface area contributed by atoms with Crippen LogP contribution in [-0.4, -0.2) is 37.1 Å². The molecule has 0 spiro atoms. The van der Waals surface area contributed by atoms with Crippen LogP contribution >= 0.6 is 0 Å². The largest absolute Gasteiger partial charge is 0.314 e. The highest BCUT2D eigenvalue weighted by atomic mass is 15.1. The van der Waals surface area contributed by atoms with Crippen molar-refractivity contribution in [2.75, 3.05) is 26.2 Å². The van der Waals surface area contributed by atoms with E-state index in [0.29, 0.717) is 0 Å². The molecular weight excluding hydrogens is 208 g/mol. The Morgan fingerprint density at radius 2 is 1.71 bits per heavy atom. The van der Waals surface area contributed by atoms with Gasteiger partial charge in [0.25, 0.3) is 0 Å². The van der Waals surface area contributed by atoms with Crippen LogP contribution in [0, 0.1) is 5.92 Å². The third-order valence-corrected chi connectivity index (χ3v) is 4.75. The average molecular weight is 238 g/mol. The van der Waals surface area contributed by atoms with Gasteiger partial charge in [-0.15, -0.1) is 0 Å². The highest BCUT2D eigenvalue weighted by molar-refractivity contribution is 4.77. The van der Waals surface area contributed by atoms with Gasteiger partial charge in [0.1, 0.15) is 0 Å². The first kappa shape index (κ1) is 13.4. The minimum atomic E-state index is 0.807. The van der Waals surface area contributed by atoms with Gasteiger partial charge in [0.2, 0.25) is 0 Å². The van der Waals surface area contributed by atoms with Crippen molar-refractivity contribution in [2.24, 2.45) is 5.92 Å². The summed E-state index contributed by atoms with van der Waals surface area (Å²) in [7, 11) is 0. The molecule has 2 fully saturated rings. The first-order chi connectivity index (χ1) is 8.38. The van der Waals surface area contributed by atoms with Crippen LogP contribution in [0.1, 0.15) is 58.3 Å². The lowest BCUT2D eigenvalue weighted by atomic mass is 9.87. The normalized spacial score (nSPS) is 25.2. The molecule has 2 nitrogen and oxygen atoms in total. The molecule has 2 heteroatoms. The molecule has 0 bridgehead atoms. The summed E-state index contributed by atoms with van der Waals surface area (Å²) >= 11 is 0. The Morgan fingerprint density at radius 3 is 2.35 bits per heavy atom. The molecule has 2 aliphatic rings. The first-order valence-corrected chi connectivity index (χ1v) is 7.84. The molecular formula is C15H30N2. The molecule has 1 aliphatic carbocycles. The molecule has 0 radical (unpaired) electrons. The van der Waals surface area contributed by atoms with Gasteiger partial charge in [-0.1, -0.05) is 39.0 Å². The first-order valence-electron chi connectivity index (χ1n) is 7.84. The van der Waals surface area contributed by atoms with Crippen molar-refractivity contribution in [3.63, 3.8) is 0 Å². The van der Waals surface area contributed by atoms with Gasteiger partial charge in [-0.2, -0.15) is 0 Å². The zero-order chi connectivity index (χ0) is 11.9. The summed E-state index contributed by atoms with van der Waals surface area (Å²) in [5.41, 5.74) is 0. The van der Waals surface area contributed by atoms with Crippen LogP contribution in [0.2, 0.25) is 0 Å². The van der Waals surface area contributed by atoms with Crippen LogP contribution in [0.3, 0.4) is 0 Å². The minimum Gasteiger partial charge on any atom is -0.314 e. The monoisotopic (exact) mass is 238 g/mol. The quantitative estimate of drug-likeness (QED) is 0.792. The molecule has 0 aromatic rings. The van der Waals surface area contributed by atoms with Gasteiger partial charge in [-0.3, -0.25) is 0 Å². The lowest BCUT2D eigenvalue weighted by Crippen LogP contribution is -2.42. The van der Waals surface area contributed by atoms with Crippen molar-refractivity contribution < 1.29 is 0 Å². The fraction of sp³-hybridized carbons (Fsp3) is 1.00. The minimum absolute atomic E-state index is 0.807. The molecule has 0 aromatic carbocycles. The van der Waals surface area contributed by atoms with E-state index in [1.165, 1.54) is 77.5 Å². The number of likely N-dealkylation sites (tertiary alicyclic amines) is 1. The summed E-state index contributed by atoms with van der Waals surface area (Å²) in [5.74, 6) is 1.03. The fourth-order valence-corrected chi connectivity index (χ4v) is 3.42. The lowest BCUT2D eigenvalue weighted by molar-refractivity contribution is 0.203.